The summed E-state index contributed by atoms with van der Waals surface area (Å²) in [4.78, 5) is 11.5. The Morgan fingerprint density at radius 3 is 2.83 bits per heavy atom. The molecule has 0 aliphatic heterocycles. The van der Waals surface area contributed by atoms with Crippen LogP contribution in [0.25, 0.3) is 0 Å². The number of amides is 1. The molecule has 102 valence electrons. The van der Waals surface area contributed by atoms with Crippen molar-refractivity contribution in [3.05, 3.63) is 12.4 Å². The fourth-order valence-electron chi connectivity index (χ4n) is 1.25. The van der Waals surface area contributed by atoms with Gasteiger partial charge in [-0.05, 0) is 6.42 Å². The van der Waals surface area contributed by atoms with Gasteiger partial charge in [0.2, 0.25) is 5.91 Å². The van der Waals surface area contributed by atoms with Gasteiger partial charge in [0.15, 0.2) is 0 Å². The molecule has 1 rings (SSSR count). The van der Waals surface area contributed by atoms with Gasteiger partial charge in [-0.1, -0.05) is 5.21 Å². The molecule has 1 unspecified atom stereocenters. The van der Waals surface area contributed by atoms with E-state index in [1.165, 1.54) is 0 Å². The van der Waals surface area contributed by atoms with Gasteiger partial charge in [-0.3, -0.25) is 9.48 Å². The minimum atomic E-state index is -3.09. The lowest BCUT2D eigenvalue weighted by atomic mass is 10.2. The van der Waals surface area contributed by atoms with Crippen LogP contribution in [0.3, 0.4) is 0 Å². The van der Waals surface area contributed by atoms with E-state index >= 15 is 0 Å². The summed E-state index contributed by atoms with van der Waals surface area (Å²) in [6, 6.07) is -0.810. The van der Waals surface area contributed by atoms with E-state index in [1.54, 1.807) is 17.1 Å². The highest BCUT2D eigenvalue weighted by Crippen LogP contribution is 1.94. The number of sulfone groups is 1. The molecular weight excluding hydrogens is 258 g/mol. The Bertz CT molecular complexity index is 470. The molecule has 0 saturated carbocycles. The summed E-state index contributed by atoms with van der Waals surface area (Å²) in [5, 5.41) is 9.96. The van der Waals surface area contributed by atoms with Crippen molar-refractivity contribution in [3.8, 4) is 0 Å². The van der Waals surface area contributed by atoms with Crippen LogP contribution in [0.1, 0.15) is 6.42 Å². The number of rotatable bonds is 7. The summed E-state index contributed by atoms with van der Waals surface area (Å²) in [6.07, 6.45) is 4.45. The molecule has 1 amide bonds. The number of carbonyl (C=O) groups is 1. The van der Waals surface area contributed by atoms with Crippen LogP contribution in [0, 0.1) is 0 Å². The van der Waals surface area contributed by atoms with Crippen molar-refractivity contribution in [1.29, 1.82) is 0 Å². The Kier molecular flexibility index (Phi) is 5.23. The number of nitrogens with zero attached hydrogens (tertiary/aromatic N) is 3. The fourth-order valence-corrected chi connectivity index (χ4v) is 1.93. The molecule has 0 fully saturated rings. The molecule has 0 radical (unpaired) electrons. The first-order valence-corrected chi connectivity index (χ1v) is 7.49. The Morgan fingerprint density at radius 1 is 1.56 bits per heavy atom. The van der Waals surface area contributed by atoms with Gasteiger partial charge in [-0.15, -0.1) is 5.10 Å². The summed E-state index contributed by atoms with van der Waals surface area (Å²) >= 11 is 0. The molecule has 0 spiro atoms. The quantitative estimate of drug-likeness (QED) is 0.603. The third kappa shape index (κ3) is 5.73. The molecule has 1 atom stereocenters. The number of hydrogen-bond donors (Lipinski definition) is 2. The maximum Gasteiger partial charge on any atom is 0.237 e. The normalized spacial score (nSPS) is 13.2. The number of hydrogen-bond acceptors (Lipinski definition) is 6. The molecule has 1 aromatic heterocycles. The van der Waals surface area contributed by atoms with Crippen molar-refractivity contribution in [2.75, 3.05) is 18.6 Å². The first-order chi connectivity index (χ1) is 8.38. The SMILES string of the molecule is CS(=O)(=O)CCC(N)C(=O)NCCn1ccnn1. The molecule has 0 aromatic carbocycles. The third-order valence-corrected chi connectivity index (χ3v) is 3.23. The van der Waals surface area contributed by atoms with E-state index in [2.05, 4.69) is 15.6 Å². The molecule has 1 aromatic rings. The molecule has 3 N–H and O–H groups in total. The summed E-state index contributed by atoms with van der Waals surface area (Å²) in [6.45, 7) is 0.860. The second kappa shape index (κ2) is 6.45. The largest absolute Gasteiger partial charge is 0.353 e. The van der Waals surface area contributed by atoms with Crippen LogP contribution >= 0.6 is 0 Å². The number of nitrogens with two attached hydrogens (primary N) is 1. The van der Waals surface area contributed by atoms with Gasteiger partial charge in [-0.2, -0.15) is 0 Å². The summed E-state index contributed by atoms with van der Waals surface area (Å²) in [5.41, 5.74) is 5.57. The van der Waals surface area contributed by atoms with Gasteiger partial charge in [0.25, 0.3) is 0 Å². The zero-order chi connectivity index (χ0) is 13.6. The lowest BCUT2D eigenvalue weighted by molar-refractivity contribution is -0.122. The van der Waals surface area contributed by atoms with Crippen LogP contribution in [0.4, 0.5) is 0 Å². The van der Waals surface area contributed by atoms with Gasteiger partial charge in [0, 0.05) is 19.0 Å². The molecule has 8 nitrogen and oxygen atoms in total. The highest BCUT2D eigenvalue weighted by atomic mass is 32.2. The summed E-state index contributed by atoms with van der Waals surface area (Å²) in [5.74, 6) is -0.455. The minimum absolute atomic E-state index is 0.0926. The number of nitrogens with one attached hydrogen (secondary N) is 1. The predicted octanol–water partition coefficient (Wildman–Crippen LogP) is -1.84. The summed E-state index contributed by atoms with van der Waals surface area (Å²) in [7, 11) is -3.09. The molecule has 0 aliphatic rings. The van der Waals surface area contributed by atoms with Crippen molar-refractivity contribution in [2.24, 2.45) is 5.73 Å². The van der Waals surface area contributed by atoms with Crippen LogP contribution in [0.5, 0.6) is 0 Å². The number of carbonyl (C=O) groups excluding carboxylic acids is 1. The molecule has 0 aliphatic carbocycles. The second-order valence-corrected chi connectivity index (χ2v) is 6.24. The first-order valence-electron chi connectivity index (χ1n) is 5.43. The average molecular weight is 275 g/mol. The standard InChI is InChI=1S/C9H17N5O3S/c1-18(16,17)7-2-8(10)9(15)11-3-5-14-6-4-12-13-14/h4,6,8H,2-3,5,7,10H2,1H3,(H,11,15). The third-order valence-electron chi connectivity index (χ3n) is 2.25. The lowest BCUT2D eigenvalue weighted by Crippen LogP contribution is -2.42. The molecule has 0 saturated heterocycles. The van der Waals surface area contributed by atoms with Crippen LogP contribution in [-0.4, -0.2) is 53.9 Å². The van der Waals surface area contributed by atoms with Gasteiger partial charge < -0.3 is 11.1 Å². The van der Waals surface area contributed by atoms with E-state index in [0.29, 0.717) is 13.1 Å². The Morgan fingerprint density at radius 2 is 2.28 bits per heavy atom. The monoisotopic (exact) mass is 275 g/mol. The Labute approximate surface area is 105 Å². The van der Waals surface area contributed by atoms with Crippen molar-refractivity contribution >= 4 is 15.7 Å². The van der Waals surface area contributed by atoms with Crippen molar-refractivity contribution in [1.82, 2.24) is 20.3 Å². The molecular formula is C9H17N5O3S. The smallest absolute Gasteiger partial charge is 0.237 e. The highest BCUT2D eigenvalue weighted by Gasteiger charge is 2.15. The first kappa shape index (κ1) is 14.6. The predicted molar refractivity (Wildman–Crippen MR) is 65.3 cm³/mol. The molecule has 1 heterocycles. The van der Waals surface area contributed by atoms with Gasteiger partial charge in [0.1, 0.15) is 9.84 Å². The van der Waals surface area contributed by atoms with Crippen LogP contribution in [-0.2, 0) is 21.2 Å². The highest BCUT2D eigenvalue weighted by molar-refractivity contribution is 7.90. The van der Waals surface area contributed by atoms with Crippen molar-refractivity contribution in [2.45, 2.75) is 19.0 Å². The van der Waals surface area contributed by atoms with E-state index in [9.17, 15) is 13.2 Å². The van der Waals surface area contributed by atoms with Crippen LogP contribution < -0.4 is 11.1 Å². The van der Waals surface area contributed by atoms with E-state index < -0.39 is 15.9 Å². The van der Waals surface area contributed by atoms with Crippen LogP contribution in [0.2, 0.25) is 0 Å². The Balaban J connectivity index is 2.23. The lowest BCUT2D eigenvalue weighted by Gasteiger charge is -2.11. The number of aromatic nitrogens is 3. The maximum atomic E-state index is 11.5. The van der Waals surface area contributed by atoms with E-state index in [4.69, 9.17) is 5.73 Å². The van der Waals surface area contributed by atoms with Crippen LogP contribution in [0.15, 0.2) is 12.4 Å². The minimum Gasteiger partial charge on any atom is -0.353 e. The topological polar surface area (TPSA) is 120 Å². The maximum absolute atomic E-state index is 11.5. The zero-order valence-electron chi connectivity index (χ0n) is 10.1. The molecule has 18 heavy (non-hydrogen) atoms. The van der Waals surface area contributed by atoms with E-state index in [1.807, 2.05) is 0 Å². The molecule has 9 heteroatoms. The average Bonchev–Trinajstić information content (AvgIpc) is 2.77. The zero-order valence-corrected chi connectivity index (χ0v) is 10.9. The Hall–Kier alpha value is -1.48. The van der Waals surface area contributed by atoms with Gasteiger partial charge >= 0.3 is 0 Å². The van der Waals surface area contributed by atoms with Crippen molar-refractivity contribution < 1.29 is 13.2 Å². The van der Waals surface area contributed by atoms with Crippen molar-refractivity contribution in [3.63, 3.8) is 0 Å². The molecule has 0 bridgehead atoms. The summed E-state index contributed by atoms with van der Waals surface area (Å²) < 4.78 is 23.4. The second-order valence-electron chi connectivity index (χ2n) is 3.98. The van der Waals surface area contributed by atoms with Gasteiger partial charge in [-0.25, -0.2) is 8.42 Å². The fraction of sp³-hybridized carbons (Fsp3) is 0.667. The van der Waals surface area contributed by atoms with Gasteiger partial charge in [0.05, 0.1) is 24.5 Å². The van der Waals surface area contributed by atoms with E-state index in [-0.39, 0.29) is 18.1 Å². The van der Waals surface area contributed by atoms with E-state index in [0.717, 1.165) is 6.26 Å².